The minimum absolute atomic E-state index is 0.122. The molecule has 118 valence electrons. The third-order valence-corrected chi connectivity index (χ3v) is 4.08. The quantitative estimate of drug-likeness (QED) is 0.630. The second-order valence-electron chi connectivity index (χ2n) is 5.56. The summed E-state index contributed by atoms with van der Waals surface area (Å²) in [6.07, 6.45) is 4.19. The molecule has 0 fully saturated rings. The van der Waals surface area contributed by atoms with Crippen LogP contribution in [-0.2, 0) is 6.42 Å². The molecule has 0 unspecified atom stereocenters. The summed E-state index contributed by atoms with van der Waals surface area (Å²) in [6, 6.07) is 15.3. The van der Waals surface area contributed by atoms with Crippen molar-refractivity contribution in [2.75, 3.05) is 0 Å². The van der Waals surface area contributed by atoms with E-state index in [1.54, 1.807) is 18.5 Å². The average molecular weight is 316 g/mol. The van der Waals surface area contributed by atoms with Crippen molar-refractivity contribution >= 4 is 5.65 Å². The fraction of sp³-hybridized carbons (Fsp3) is 0.105. The van der Waals surface area contributed by atoms with E-state index >= 15 is 0 Å². The minimum atomic E-state index is -0.122. The van der Waals surface area contributed by atoms with Crippen LogP contribution in [0.4, 0.5) is 0 Å². The molecule has 4 rings (SSSR count). The molecule has 3 heterocycles. The van der Waals surface area contributed by atoms with Crippen LogP contribution < -0.4 is 5.56 Å². The standard InChI is InChI=1S/C19H16N4O/c1-2-15-18(14-6-4-3-5-7-14)19-21-16(12-17(24)23(19)22-15)13-8-10-20-11-9-13/h3-12,22H,2H2,1H3. The fourth-order valence-electron chi connectivity index (χ4n) is 2.92. The monoisotopic (exact) mass is 316 g/mol. The Morgan fingerprint density at radius 1 is 1.04 bits per heavy atom. The Morgan fingerprint density at radius 2 is 1.79 bits per heavy atom. The maximum atomic E-state index is 12.6. The number of H-pyrrole nitrogens is 1. The van der Waals surface area contributed by atoms with Crippen LogP contribution in [0.5, 0.6) is 0 Å². The molecule has 0 saturated heterocycles. The zero-order valence-corrected chi connectivity index (χ0v) is 13.2. The Balaban J connectivity index is 2.05. The summed E-state index contributed by atoms with van der Waals surface area (Å²) in [5.41, 5.74) is 5.08. The van der Waals surface area contributed by atoms with Gasteiger partial charge in [0, 0.05) is 35.3 Å². The summed E-state index contributed by atoms with van der Waals surface area (Å²) in [4.78, 5) is 21.3. The predicted octanol–water partition coefficient (Wildman–Crippen LogP) is 3.31. The van der Waals surface area contributed by atoms with Crippen molar-refractivity contribution in [3.05, 3.63) is 77.0 Å². The van der Waals surface area contributed by atoms with Gasteiger partial charge in [0.15, 0.2) is 5.65 Å². The third kappa shape index (κ3) is 2.31. The van der Waals surface area contributed by atoms with E-state index in [-0.39, 0.29) is 5.56 Å². The number of rotatable bonds is 3. The minimum Gasteiger partial charge on any atom is -0.293 e. The fourth-order valence-corrected chi connectivity index (χ4v) is 2.92. The average Bonchev–Trinajstić information content (AvgIpc) is 3.02. The maximum Gasteiger partial charge on any atom is 0.273 e. The lowest BCUT2D eigenvalue weighted by Crippen LogP contribution is -2.14. The first-order valence-corrected chi connectivity index (χ1v) is 7.88. The highest BCUT2D eigenvalue weighted by Crippen LogP contribution is 2.28. The molecule has 0 radical (unpaired) electrons. The molecule has 4 aromatic rings. The molecule has 0 atom stereocenters. The molecule has 5 heteroatoms. The summed E-state index contributed by atoms with van der Waals surface area (Å²) >= 11 is 0. The summed E-state index contributed by atoms with van der Waals surface area (Å²) in [6.45, 7) is 2.06. The van der Waals surface area contributed by atoms with E-state index in [1.165, 1.54) is 4.52 Å². The van der Waals surface area contributed by atoms with Gasteiger partial charge in [0.25, 0.3) is 5.56 Å². The number of aromatic amines is 1. The van der Waals surface area contributed by atoms with Crippen LogP contribution >= 0.6 is 0 Å². The first kappa shape index (κ1) is 14.4. The predicted molar refractivity (Wildman–Crippen MR) is 93.9 cm³/mol. The van der Waals surface area contributed by atoms with Gasteiger partial charge in [0.2, 0.25) is 0 Å². The first-order chi connectivity index (χ1) is 11.8. The van der Waals surface area contributed by atoms with Crippen LogP contribution in [0.3, 0.4) is 0 Å². The van der Waals surface area contributed by atoms with Crippen molar-refractivity contribution < 1.29 is 0 Å². The number of fused-ring (bicyclic) bond motifs is 1. The van der Waals surface area contributed by atoms with E-state index in [9.17, 15) is 4.79 Å². The number of benzene rings is 1. The molecule has 0 amide bonds. The van der Waals surface area contributed by atoms with Gasteiger partial charge in [-0.05, 0) is 24.1 Å². The number of aromatic nitrogens is 4. The van der Waals surface area contributed by atoms with Crippen molar-refractivity contribution in [3.63, 3.8) is 0 Å². The van der Waals surface area contributed by atoms with Gasteiger partial charge in [0.05, 0.1) is 5.69 Å². The van der Waals surface area contributed by atoms with Crippen LogP contribution in [0.1, 0.15) is 12.6 Å². The van der Waals surface area contributed by atoms with Crippen molar-refractivity contribution in [1.29, 1.82) is 0 Å². The molecule has 0 aliphatic rings. The number of pyridine rings is 1. The highest BCUT2D eigenvalue weighted by molar-refractivity contribution is 5.81. The number of aryl methyl sites for hydroxylation is 1. The van der Waals surface area contributed by atoms with Gasteiger partial charge in [-0.1, -0.05) is 37.3 Å². The second-order valence-corrected chi connectivity index (χ2v) is 5.56. The molecular weight excluding hydrogens is 300 g/mol. The number of hydrogen-bond acceptors (Lipinski definition) is 3. The summed E-state index contributed by atoms with van der Waals surface area (Å²) < 4.78 is 1.52. The van der Waals surface area contributed by atoms with E-state index in [1.807, 2.05) is 42.5 Å². The smallest absolute Gasteiger partial charge is 0.273 e. The van der Waals surface area contributed by atoms with E-state index in [0.29, 0.717) is 11.3 Å². The highest BCUT2D eigenvalue weighted by atomic mass is 16.1. The van der Waals surface area contributed by atoms with Crippen LogP contribution in [0, 0.1) is 0 Å². The maximum absolute atomic E-state index is 12.6. The second kappa shape index (κ2) is 5.77. The van der Waals surface area contributed by atoms with Crippen LogP contribution in [0.15, 0.2) is 65.7 Å². The SMILES string of the molecule is CCc1[nH]n2c(=O)cc(-c3ccncc3)nc2c1-c1ccccc1. The Morgan fingerprint density at radius 3 is 2.50 bits per heavy atom. The molecule has 0 aliphatic heterocycles. The molecule has 3 aromatic heterocycles. The van der Waals surface area contributed by atoms with E-state index in [4.69, 9.17) is 4.98 Å². The lowest BCUT2D eigenvalue weighted by atomic mass is 10.0. The van der Waals surface area contributed by atoms with E-state index in [0.717, 1.165) is 28.8 Å². The number of nitrogens with one attached hydrogen (secondary N) is 1. The summed E-state index contributed by atoms with van der Waals surface area (Å²) in [5.74, 6) is 0. The van der Waals surface area contributed by atoms with Gasteiger partial charge in [0.1, 0.15) is 0 Å². The van der Waals surface area contributed by atoms with Gasteiger partial charge < -0.3 is 0 Å². The van der Waals surface area contributed by atoms with Gasteiger partial charge in [-0.3, -0.25) is 14.9 Å². The van der Waals surface area contributed by atoms with E-state index in [2.05, 4.69) is 17.0 Å². The van der Waals surface area contributed by atoms with Crippen LogP contribution in [0.25, 0.3) is 28.0 Å². The molecule has 1 aromatic carbocycles. The van der Waals surface area contributed by atoms with Crippen molar-refractivity contribution in [3.8, 4) is 22.4 Å². The van der Waals surface area contributed by atoms with Gasteiger partial charge in [-0.2, -0.15) is 0 Å². The molecular formula is C19H16N4O. The lowest BCUT2D eigenvalue weighted by Gasteiger charge is -2.03. The summed E-state index contributed by atoms with van der Waals surface area (Å²) in [7, 11) is 0. The van der Waals surface area contributed by atoms with Crippen molar-refractivity contribution in [1.82, 2.24) is 19.6 Å². The molecule has 0 saturated carbocycles. The Bertz CT molecular complexity index is 1050. The normalized spacial score (nSPS) is 11.0. The zero-order valence-electron chi connectivity index (χ0n) is 13.2. The topological polar surface area (TPSA) is 63.0 Å². The molecule has 5 nitrogen and oxygen atoms in total. The van der Waals surface area contributed by atoms with Crippen molar-refractivity contribution in [2.24, 2.45) is 0 Å². The Hall–Kier alpha value is -3.21. The number of nitrogens with zero attached hydrogens (tertiary/aromatic N) is 3. The third-order valence-electron chi connectivity index (χ3n) is 4.08. The molecule has 0 bridgehead atoms. The number of hydrogen-bond donors (Lipinski definition) is 1. The van der Waals surface area contributed by atoms with Crippen LogP contribution in [-0.4, -0.2) is 19.6 Å². The molecule has 0 spiro atoms. The largest absolute Gasteiger partial charge is 0.293 e. The molecule has 1 N–H and O–H groups in total. The highest BCUT2D eigenvalue weighted by Gasteiger charge is 2.16. The lowest BCUT2D eigenvalue weighted by molar-refractivity contribution is 0.859. The van der Waals surface area contributed by atoms with Crippen LogP contribution in [0.2, 0.25) is 0 Å². The molecule has 0 aliphatic carbocycles. The van der Waals surface area contributed by atoms with Gasteiger partial charge >= 0.3 is 0 Å². The van der Waals surface area contributed by atoms with E-state index < -0.39 is 0 Å². The van der Waals surface area contributed by atoms with Gasteiger partial charge in [-0.15, -0.1) is 0 Å². The summed E-state index contributed by atoms with van der Waals surface area (Å²) in [5, 5.41) is 3.19. The zero-order chi connectivity index (χ0) is 16.5. The van der Waals surface area contributed by atoms with Crippen molar-refractivity contribution in [2.45, 2.75) is 13.3 Å². The molecule has 24 heavy (non-hydrogen) atoms. The first-order valence-electron chi connectivity index (χ1n) is 7.88. The Labute approximate surface area is 138 Å². The van der Waals surface area contributed by atoms with Gasteiger partial charge in [-0.25, -0.2) is 9.50 Å². The Kier molecular flexibility index (Phi) is 3.46.